The maximum Gasteiger partial charge on any atom is 0.394 e. The van der Waals surface area contributed by atoms with Crippen LogP contribution < -0.4 is 9.30 Å². The zero-order valence-electron chi connectivity index (χ0n) is 25.1. The highest BCUT2D eigenvalue weighted by Crippen LogP contribution is 2.53. The van der Waals surface area contributed by atoms with Crippen molar-refractivity contribution < 1.29 is 22.5 Å². The summed E-state index contributed by atoms with van der Waals surface area (Å²) in [4.78, 5) is 0. The molecule has 2 heterocycles. The predicted octanol–water partition coefficient (Wildman–Crippen LogP) is 10.1. The van der Waals surface area contributed by atoms with Gasteiger partial charge in [-0.05, 0) is 70.8 Å². The van der Waals surface area contributed by atoms with Crippen molar-refractivity contribution in [3.8, 4) is 22.8 Å². The Morgan fingerprint density at radius 3 is 2.17 bits per heavy atom. The van der Waals surface area contributed by atoms with Crippen LogP contribution >= 0.6 is 0 Å². The third-order valence-electron chi connectivity index (χ3n) is 8.61. The molecule has 6 rings (SSSR count). The molecule has 0 atom stereocenters. The van der Waals surface area contributed by atoms with Crippen molar-refractivity contribution in [3.05, 3.63) is 77.0 Å². The quantitative estimate of drug-likeness (QED) is 0.156. The first-order valence-electron chi connectivity index (χ1n) is 14.2. The van der Waals surface area contributed by atoms with Crippen molar-refractivity contribution in [2.45, 2.75) is 67.5 Å². The van der Waals surface area contributed by atoms with Gasteiger partial charge >= 0.3 is 6.18 Å². The van der Waals surface area contributed by atoms with Crippen LogP contribution in [0.25, 0.3) is 43.6 Å². The van der Waals surface area contributed by atoms with Crippen molar-refractivity contribution in [3.63, 3.8) is 0 Å². The molecule has 0 unspecified atom stereocenters. The van der Waals surface area contributed by atoms with Crippen molar-refractivity contribution in [1.82, 2.24) is 0 Å². The molecule has 4 aromatic carbocycles. The number of ether oxygens (including phenoxy) is 1. The number of benzene rings is 4. The second kappa shape index (κ2) is 8.95. The summed E-state index contributed by atoms with van der Waals surface area (Å²) in [6, 6.07) is 16.5. The summed E-state index contributed by atoms with van der Waals surface area (Å²) in [5.41, 5.74) is 4.70. The fourth-order valence-electron chi connectivity index (χ4n) is 6.44. The summed E-state index contributed by atoms with van der Waals surface area (Å²) < 4.78 is 50.2. The zero-order chi connectivity index (χ0) is 29.6. The Morgan fingerprint density at radius 2 is 1.49 bits per heavy atom. The van der Waals surface area contributed by atoms with Crippen LogP contribution in [0.15, 0.2) is 54.7 Å². The molecule has 2 nitrogen and oxygen atoms in total. The summed E-state index contributed by atoms with van der Waals surface area (Å²) >= 11 is 0. The van der Waals surface area contributed by atoms with Gasteiger partial charge in [-0.25, -0.2) is 4.57 Å². The molecular weight excluding hydrogens is 519 g/mol. The molecule has 5 heteroatoms. The lowest BCUT2D eigenvalue weighted by Gasteiger charge is -2.29. The molecule has 0 fully saturated rings. The lowest BCUT2D eigenvalue weighted by Crippen LogP contribution is -2.34. The standard InChI is InChI=1S/C36H37F3NO/c1-20-9-11-25-27(15-20)21(2)30-32-31-26(13-14-40(32)8)24-12-10-22(18-35(6,7)36(37,38)39)16-23(24)17-29(31)41-33(30)28(25)19-34(3,4)5/h9-17H,18-19H2,1-8H3/q+1. The molecule has 0 aliphatic carbocycles. The van der Waals surface area contributed by atoms with Crippen LogP contribution in [0.2, 0.25) is 0 Å². The lowest BCUT2D eigenvalue weighted by molar-refractivity contribution is -0.659. The van der Waals surface area contributed by atoms with Gasteiger partial charge in [0.2, 0.25) is 5.69 Å². The van der Waals surface area contributed by atoms with Crippen LogP contribution in [0.3, 0.4) is 0 Å². The Hall–Kier alpha value is -3.60. The Balaban J connectivity index is 1.66. The van der Waals surface area contributed by atoms with E-state index in [1.807, 2.05) is 24.3 Å². The van der Waals surface area contributed by atoms with E-state index < -0.39 is 11.6 Å². The Labute approximate surface area is 239 Å². The number of hydrogen-bond donors (Lipinski definition) is 0. The predicted molar refractivity (Wildman–Crippen MR) is 162 cm³/mol. The minimum absolute atomic E-state index is 0.0300. The molecule has 0 saturated carbocycles. The third-order valence-corrected chi connectivity index (χ3v) is 8.61. The molecule has 212 valence electrons. The highest BCUT2D eigenvalue weighted by Gasteiger charge is 2.47. The average Bonchev–Trinajstić information content (AvgIpc) is 2.86. The van der Waals surface area contributed by atoms with Crippen LogP contribution in [0.5, 0.6) is 11.5 Å². The highest BCUT2D eigenvalue weighted by atomic mass is 19.4. The fourth-order valence-corrected chi connectivity index (χ4v) is 6.44. The number of pyridine rings is 1. The van der Waals surface area contributed by atoms with Gasteiger partial charge < -0.3 is 4.74 Å². The van der Waals surface area contributed by atoms with Gasteiger partial charge in [0.15, 0.2) is 6.20 Å². The molecule has 0 radical (unpaired) electrons. The summed E-state index contributed by atoms with van der Waals surface area (Å²) in [5.74, 6) is 1.64. The first-order valence-corrected chi connectivity index (χ1v) is 14.2. The average molecular weight is 557 g/mol. The molecule has 0 bridgehead atoms. The van der Waals surface area contributed by atoms with E-state index in [1.165, 1.54) is 41.3 Å². The lowest BCUT2D eigenvalue weighted by atomic mass is 9.81. The zero-order valence-corrected chi connectivity index (χ0v) is 25.1. The van der Waals surface area contributed by atoms with Gasteiger partial charge in [0.25, 0.3) is 0 Å². The van der Waals surface area contributed by atoms with E-state index in [0.29, 0.717) is 5.56 Å². The second-order valence-corrected chi connectivity index (χ2v) is 13.7. The number of aromatic nitrogens is 1. The van der Waals surface area contributed by atoms with Crippen molar-refractivity contribution in [2.75, 3.05) is 0 Å². The van der Waals surface area contributed by atoms with Gasteiger partial charge in [0.1, 0.15) is 18.5 Å². The Bertz CT molecular complexity index is 1890. The molecule has 1 aliphatic heterocycles. The second-order valence-electron chi connectivity index (χ2n) is 13.7. The molecule has 0 spiro atoms. The summed E-state index contributed by atoms with van der Waals surface area (Å²) in [7, 11) is 2.07. The Kier molecular flexibility index (Phi) is 6.02. The monoisotopic (exact) mass is 556 g/mol. The number of aryl methyl sites for hydroxylation is 3. The van der Waals surface area contributed by atoms with Gasteiger partial charge in [-0.1, -0.05) is 76.6 Å². The Morgan fingerprint density at radius 1 is 0.780 bits per heavy atom. The fraction of sp³-hybridized carbons (Fsp3) is 0.361. The van der Waals surface area contributed by atoms with E-state index in [2.05, 4.69) is 76.7 Å². The van der Waals surface area contributed by atoms with Gasteiger partial charge in [0, 0.05) is 17.0 Å². The number of nitrogens with zero attached hydrogens (tertiary/aromatic N) is 1. The summed E-state index contributed by atoms with van der Waals surface area (Å²) in [6.45, 7) is 13.6. The van der Waals surface area contributed by atoms with Crippen LogP contribution in [-0.4, -0.2) is 6.18 Å². The topological polar surface area (TPSA) is 13.1 Å². The summed E-state index contributed by atoms with van der Waals surface area (Å²) in [5, 5.41) is 6.42. The van der Waals surface area contributed by atoms with Crippen LogP contribution in [0.4, 0.5) is 13.2 Å². The van der Waals surface area contributed by atoms with Crippen molar-refractivity contribution >= 4 is 32.3 Å². The molecule has 1 aliphatic rings. The van der Waals surface area contributed by atoms with E-state index in [-0.39, 0.29) is 11.8 Å². The third kappa shape index (κ3) is 4.45. The summed E-state index contributed by atoms with van der Waals surface area (Å²) in [6.07, 6.45) is -1.44. The molecule has 1 aromatic heterocycles. The highest BCUT2D eigenvalue weighted by molar-refractivity contribution is 6.16. The van der Waals surface area contributed by atoms with E-state index in [1.54, 1.807) is 0 Å². The van der Waals surface area contributed by atoms with Gasteiger partial charge in [-0.3, -0.25) is 0 Å². The van der Waals surface area contributed by atoms with Crippen LogP contribution in [-0.2, 0) is 19.9 Å². The van der Waals surface area contributed by atoms with Crippen molar-refractivity contribution in [2.24, 2.45) is 17.9 Å². The molecular formula is C36H37F3NO+. The molecule has 0 amide bonds. The smallest absolute Gasteiger partial charge is 0.394 e. The number of fused-ring (bicyclic) bond motifs is 5. The number of alkyl halides is 3. The molecule has 0 saturated heterocycles. The molecule has 0 N–H and O–H groups in total. The van der Waals surface area contributed by atoms with E-state index in [4.69, 9.17) is 4.74 Å². The first kappa shape index (κ1) is 27.6. The molecule has 41 heavy (non-hydrogen) atoms. The SMILES string of the molecule is Cc1ccc2c(CC(C)(C)C)c3c(c(C)c2c1)-c1c2c(cc4cc(CC(C)(C)C(F)(F)F)ccc4c2cc[n+]1C)O3. The minimum Gasteiger partial charge on any atom is -0.455 e. The van der Waals surface area contributed by atoms with Gasteiger partial charge in [0.05, 0.1) is 16.4 Å². The normalized spacial score (nSPS) is 13.6. The number of hydrogen-bond acceptors (Lipinski definition) is 1. The largest absolute Gasteiger partial charge is 0.455 e. The maximum atomic E-state index is 13.7. The number of rotatable bonds is 3. The van der Waals surface area contributed by atoms with E-state index in [9.17, 15) is 13.2 Å². The van der Waals surface area contributed by atoms with E-state index >= 15 is 0 Å². The number of halogens is 3. The van der Waals surface area contributed by atoms with Crippen molar-refractivity contribution in [1.29, 1.82) is 0 Å². The van der Waals surface area contributed by atoms with Crippen LogP contribution in [0, 0.1) is 24.7 Å². The maximum absolute atomic E-state index is 13.7. The first-order chi connectivity index (χ1) is 19.1. The van der Waals surface area contributed by atoms with Crippen LogP contribution in [0.1, 0.15) is 56.9 Å². The molecule has 5 aromatic rings. The van der Waals surface area contributed by atoms with Gasteiger partial charge in [-0.2, -0.15) is 13.2 Å². The van der Waals surface area contributed by atoms with E-state index in [0.717, 1.165) is 50.7 Å². The minimum atomic E-state index is -4.28. The van der Waals surface area contributed by atoms with Gasteiger partial charge in [-0.15, -0.1) is 0 Å².